The Kier molecular flexibility index (Phi) is 3.30. The van der Waals surface area contributed by atoms with Crippen LogP contribution in [0, 0.1) is 0 Å². The second-order valence-electron chi connectivity index (χ2n) is 2.51. The molecular formula is C8H14O2. The van der Waals surface area contributed by atoms with Crippen LogP contribution in [0.4, 0.5) is 0 Å². The van der Waals surface area contributed by atoms with Gasteiger partial charge in [-0.15, -0.1) is 0 Å². The molecule has 0 atom stereocenters. The van der Waals surface area contributed by atoms with Crippen LogP contribution in [-0.4, -0.2) is 18.0 Å². The maximum absolute atomic E-state index is 11.0. The number of ether oxygens (including phenoxy) is 1. The Morgan fingerprint density at radius 2 is 2.20 bits per heavy atom. The fourth-order valence-corrected chi connectivity index (χ4v) is 0.678. The van der Waals surface area contributed by atoms with Gasteiger partial charge in [0, 0.05) is 6.61 Å². The Balaban J connectivity index is 4.08. The molecule has 0 aromatic heterocycles. The molecule has 0 aliphatic rings. The molecule has 0 rings (SSSR count). The van der Waals surface area contributed by atoms with Crippen LogP contribution in [0.15, 0.2) is 12.7 Å². The first kappa shape index (κ1) is 9.37. The lowest BCUT2D eigenvalue weighted by Gasteiger charge is -2.20. The quantitative estimate of drug-likeness (QED) is 0.557. The van der Waals surface area contributed by atoms with E-state index in [1.165, 1.54) is 6.08 Å². The first-order chi connectivity index (χ1) is 4.54. The zero-order valence-corrected chi connectivity index (χ0v) is 6.81. The summed E-state index contributed by atoms with van der Waals surface area (Å²) in [5.74, 6) is -0.0747. The molecule has 0 radical (unpaired) electrons. The Morgan fingerprint density at radius 1 is 1.70 bits per heavy atom. The van der Waals surface area contributed by atoms with Crippen LogP contribution in [0.5, 0.6) is 0 Å². The maximum atomic E-state index is 11.0. The van der Waals surface area contributed by atoms with Crippen molar-refractivity contribution in [2.75, 3.05) is 6.61 Å². The molecule has 0 saturated carbocycles. The van der Waals surface area contributed by atoms with Crippen LogP contribution in [0.25, 0.3) is 0 Å². The van der Waals surface area contributed by atoms with Gasteiger partial charge in [0.05, 0.1) is 0 Å². The molecule has 0 N–H and O–H groups in total. The van der Waals surface area contributed by atoms with Crippen LogP contribution in [0.3, 0.4) is 0 Å². The average molecular weight is 142 g/mol. The predicted octanol–water partition coefficient (Wildman–Crippen LogP) is 1.56. The normalized spacial score (nSPS) is 11.1. The Labute approximate surface area is 61.9 Å². The average Bonchev–Trinajstić information content (AvgIpc) is 1.86. The first-order valence-corrected chi connectivity index (χ1v) is 3.35. The van der Waals surface area contributed by atoms with Crippen molar-refractivity contribution in [1.82, 2.24) is 0 Å². The predicted molar refractivity (Wildman–Crippen MR) is 40.9 cm³/mol. The summed E-state index contributed by atoms with van der Waals surface area (Å²) in [7, 11) is 0. The third-order valence-electron chi connectivity index (χ3n) is 1.28. The largest absolute Gasteiger partial charge is 0.368 e. The van der Waals surface area contributed by atoms with E-state index < -0.39 is 5.60 Å². The molecule has 0 bridgehead atoms. The molecule has 0 aliphatic heterocycles. The lowest BCUT2D eigenvalue weighted by Crippen LogP contribution is -2.33. The number of carbonyl (C=O) groups excluding carboxylic acids is 1. The summed E-state index contributed by atoms with van der Waals surface area (Å²) in [6.45, 7) is 9.26. The molecule has 2 nitrogen and oxygen atoms in total. The number of hydrogen-bond acceptors (Lipinski definition) is 2. The number of carbonyl (C=O) groups is 1. The van der Waals surface area contributed by atoms with Crippen molar-refractivity contribution in [3.05, 3.63) is 12.7 Å². The summed E-state index contributed by atoms with van der Waals surface area (Å²) in [5, 5.41) is 0. The van der Waals surface area contributed by atoms with E-state index in [0.717, 1.165) is 0 Å². The molecule has 2 heteroatoms. The van der Waals surface area contributed by atoms with Crippen molar-refractivity contribution < 1.29 is 9.53 Å². The molecule has 0 amide bonds. The van der Waals surface area contributed by atoms with Gasteiger partial charge in [-0.05, 0) is 26.8 Å². The maximum Gasteiger partial charge on any atom is 0.186 e. The third kappa shape index (κ3) is 2.31. The summed E-state index contributed by atoms with van der Waals surface area (Å²) in [5.41, 5.74) is -0.698. The van der Waals surface area contributed by atoms with Gasteiger partial charge in [-0.2, -0.15) is 0 Å². The minimum absolute atomic E-state index is 0.0747. The SMILES string of the molecule is C=CC(=O)C(C)(C)OCC. The second kappa shape index (κ2) is 3.52. The molecule has 0 spiro atoms. The van der Waals surface area contributed by atoms with Crippen molar-refractivity contribution in [3.8, 4) is 0 Å². The summed E-state index contributed by atoms with van der Waals surface area (Å²) in [6.07, 6.45) is 1.29. The van der Waals surface area contributed by atoms with Gasteiger partial charge in [-0.1, -0.05) is 6.58 Å². The van der Waals surface area contributed by atoms with Crippen LogP contribution >= 0.6 is 0 Å². The highest BCUT2D eigenvalue weighted by molar-refractivity contribution is 5.95. The van der Waals surface area contributed by atoms with E-state index in [1.54, 1.807) is 13.8 Å². The van der Waals surface area contributed by atoms with E-state index in [1.807, 2.05) is 6.92 Å². The lowest BCUT2D eigenvalue weighted by molar-refractivity contribution is -0.134. The zero-order chi connectivity index (χ0) is 8.20. The van der Waals surface area contributed by atoms with Gasteiger partial charge in [-0.3, -0.25) is 4.79 Å². The number of rotatable bonds is 4. The van der Waals surface area contributed by atoms with Crippen molar-refractivity contribution in [2.24, 2.45) is 0 Å². The van der Waals surface area contributed by atoms with E-state index >= 15 is 0 Å². The molecule has 0 aromatic carbocycles. The zero-order valence-electron chi connectivity index (χ0n) is 6.81. The third-order valence-corrected chi connectivity index (χ3v) is 1.28. The summed E-state index contributed by atoms with van der Waals surface area (Å²) in [6, 6.07) is 0. The van der Waals surface area contributed by atoms with Gasteiger partial charge >= 0.3 is 0 Å². The Hall–Kier alpha value is -0.630. The van der Waals surface area contributed by atoms with E-state index in [0.29, 0.717) is 6.61 Å². The number of ketones is 1. The summed E-state index contributed by atoms with van der Waals surface area (Å²) >= 11 is 0. The van der Waals surface area contributed by atoms with Crippen LogP contribution in [0.1, 0.15) is 20.8 Å². The molecular weight excluding hydrogens is 128 g/mol. The Bertz CT molecular complexity index is 136. The monoisotopic (exact) mass is 142 g/mol. The van der Waals surface area contributed by atoms with Crippen LogP contribution in [0.2, 0.25) is 0 Å². The molecule has 58 valence electrons. The van der Waals surface area contributed by atoms with Gasteiger partial charge in [0.15, 0.2) is 5.78 Å². The van der Waals surface area contributed by atoms with Crippen LogP contribution in [-0.2, 0) is 9.53 Å². The lowest BCUT2D eigenvalue weighted by atomic mass is 10.0. The van der Waals surface area contributed by atoms with Gasteiger partial charge in [0.2, 0.25) is 0 Å². The molecule has 0 unspecified atom stereocenters. The highest BCUT2D eigenvalue weighted by Crippen LogP contribution is 2.10. The fourth-order valence-electron chi connectivity index (χ4n) is 0.678. The topological polar surface area (TPSA) is 26.3 Å². The Morgan fingerprint density at radius 3 is 2.50 bits per heavy atom. The highest BCUT2D eigenvalue weighted by Gasteiger charge is 2.24. The molecule has 0 aromatic rings. The molecule has 0 saturated heterocycles. The molecule has 0 aliphatic carbocycles. The van der Waals surface area contributed by atoms with Crippen molar-refractivity contribution >= 4 is 5.78 Å². The van der Waals surface area contributed by atoms with Gasteiger partial charge in [-0.25, -0.2) is 0 Å². The van der Waals surface area contributed by atoms with Crippen molar-refractivity contribution in [3.63, 3.8) is 0 Å². The van der Waals surface area contributed by atoms with Gasteiger partial charge < -0.3 is 4.74 Å². The molecule has 0 heterocycles. The first-order valence-electron chi connectivity index (χ1n) is 3.35. The number of hydrogen-bond donors (Lipinski definition) is 0. The minimum atomic E-state index is -0.698. The summed E-state index contributed by atoms with van der Waals surface area (Å²) < 4.78 is 5.16. The van der Waals surface area contributed by atoms with Gasteiger partial charge in [0.1, 0.15) is 5.60 Å². The van der Waals surface area contributed by atoms with E-state index in [-0.39, 0.29) is 5.78 Å². The van der Waals surface area contributed by atoms with E-state index in [9.17, 15) is 4.79 Å². The highest BCUT2D eigenvalue weighted by atomic mass is 16.5. The van der Waals surface area contributed by atoms with E-state index in [4.69, 9.17) is 4.74 Å². The second-order valence-corrected chi connectivity index (χ2v) is 2.51. The van der Waals surface area contributed by atoms with Crippen LogP contribution < -0.4 is 0 Å². The standard InChI is InChI=1S/C8H14O2/c1-5-7(9)8(3,4)10-6-2/h5H,1,6H2,2-4H3. The van der Waals surface area contributed by atoms with Crippen molar-refractivity contribution in [1.29, 1.82) is 0 Å². The van der Waals surface area contributed by atoms with Crippen molar-refractivity contribution in [2.45, 2.75) is 26.4 Å². The summed E-state index contributed by atoms with van der Waals surface area (Å²) in [4.78, 5) is 11.0. The minimum Gasteiger partial charge on any atom is -0.368 e. The van der Waals surface area contributed by atoms with Gasteiger partial charge in [0.25, 0.3) is 0 Å². The fraction of sp³-hybridized carbons (Fsp3) is 0.625. The molecule has 0 fully saturated rings. The smallest absolute Gasteiger partial charge is 0.186 e. The molecule has 10 heavy (non-hydrogen) atoms. The van der Waals surface area contributed by atoms with E-state index in [2.05, 4.69) is 6.58 Å².